The smallest absolute Gasteiger partial charge is 0.156 e. The van der Waals surface area contributed by atoms with Crippen LogP contribution in [-0.4, -0.2) is 16.5 Å². The zero-order chi connectivity index (χ0) is 11.7. The lowest BCUT2D eigenvalue weighted by molar-refractivity contribution is 0.904. The molecule has 0 saturated heterocycles. The lowest BCUT2D eigenvalue weighted by Gasteiger charge is -2.20. The molecule has 0 amide bonds. The van der Waals surface area contributed by atoms with Crippen LogP contribution in [-0.2, 0) is 13.0 Å². The summed E-state index contributed by atoms with van der Waals surface area (Å²) in [6.07, 6.45) is 4.46. The summed E-state index contributed by atoms with van der Waals surface area (Å²) in [5.74, 6) is 0.889. The maximum Gasteiger partial charge on any atom is 0.156 e. The zero-order valence-electron chi connectivity index (χ0n) is 9.50. The number of para-hydroxylation sites is 1. The van der Waals surface area contributed by atoms with Gasteiger partial charge in [0.05, 0.1) is 5.69 Å². The first kappa shape index (κ1) is 10.2. The highest BCUT2D eigenvalue weighted by molar-refractivity contribution is 5.68. The van der Waals surface area contributed by atoms with Gasteiger partial charge < -0.3 is 10.6 Å². The van der Waals surface area contributed by atoms with Crippen molar-refractivity contribution in [2.24, 2.45) is 5.73 Å². The van der Waals surface area contributed by atoms with Crippen molar-refractivity contribution in [1.29, 1.82) is 0 Å². The van der Waals surface area contributed by atoms with E-state index in [0.29, 0.717) is 6.54 Å². The van der Waals surface area contributed by atoms with Gasteiger partial charge in [-0.1, -0.05) is 18.2 Å². The number of hydrogen-bond donors (Lipinski definition) is 1. The molecule has 0 bridgehead atoms. The van der Waals surface area contributed by atoms with Gasteiger partial charge in [-0.15, -0.1) is 0 Å². The van der Waals surface area contributed by atoms with Crippen molar-refractivity contribution < 1.29 is 0 Å². The van der Waals surface area contributed by atoms with E-state index in [1.54, 1.807) is 12.4 Å². The fourth-order valence-electron chi connectivity index (χ4n) is 2.29. The molecule has 0 fully saturated rings. The molecule has 0 saturated carbocycles. The Morgan fingerprint density at radius 3 is 2.88 bits per heavy atom. The van der Waals surface area contributed by atoms with Crippen LogP contribution in [0.25, 0.3) is 0 Å². The van der Waals surface area contributed by atoms with Crippen molar-refractivity contribution in [2.45, 2.75) is 13.0 Å². The molecule has 0 atom stereocenters. The van der Waals surface area contributed by atoms with E-state index >= 15 is 0 Å². The molecule has 2 aromatic rings. The van der Waals surface area contributed by atoms with Crippen LogP contribution in [0.1, 0.15) is 11.3 Å². The number of nitrogens with two attached hydrogens (primary N) is 1. The molecule has 17 heavy (non-hydrogen) atoms. The van der Waals surface area contributed by atoms with Crippen LogP contribution in [0.4, 0.5) is 11.5 Å². The molecule has 2 heterocycles. The summed E-state index contributed by atoms with van der Waals surface area (Å²) in [7, 11) is 0. The molecule has 86 valence electrons. The van der Waals surface area contributed by atoms with E-state index in [2.05, 4.69) is 39.1 Å². The van der Waals surface area contributed by atoms with E-state index in [9.17, 15) is 0 Å². The number of aromatic nitrogens is 2. The summed E-state index contributed by atoms with van der Waals surface area (Å²) in [6.45, 7) is 1.37. The first-order chi connectivity index (χ1) is 8.40. The van der Waals surface area contributed by atoms with Crippen LogP contribution in [0.5, 0.6) is 0 Å². The Kier molecular flexibility index (Phi) is 2.49. The van der Waals surface area contributed by atoms with Crippen molar-refractivity contribution in [3.8, 4) is 0 Å². The van der Waals surface area contributed by atoms with Crippen molar-refractivity contribution in [3.05, 3.63) is 47.9 Å². The minimum atomic E-state index is 0.418. The fourth-order valence-corrected chi connectivity index (χ4v) is 2.29. The van der Waals surface area contributed by atoms with Crippen LogP contribution < -0.4 is 10.6 Å². The number of nitrogens with zero attached hydrogens (tertiary/aromatic N) is 3. The van der Waals surface area contributed by atoms with Crippen molar-refractivity contribution in [2.75, 3.05) is 11.4 Å². The van der Waals surface area contributed by atoms with E-state index in [0.717, 1.165) is 24.5 Å². The molecule has 1 aliphatic heterocycles. The van der Waals surface area contributed by atoms with Gasteiger partial charge in [0.1, 0.15) is 0 Å². The largest absolute Gasteiger partial charge is 0.325 e. The number of hydrogen-bond acceptors (Lipinski definition) is 4. The maximum atomic E-state index is 5.71. The lowest BCUT2D eigenvalue weighted by atomic mass is 10.2. The number of fused-ring (bicyclic) bond motifs is 1. The average molecular weight is 226 g/mol. The van der Waals surface area contributed by atoms with E-state index < -0.39 is 0 Å². The van der Waals surface area contributed by atoms with Gasteiger partial charge in [0, 0.05) is 31.2 Å². The van der Waals surface area contributed by atoms with E-state index in [1.807, 2.05) is 0 Å². The van der Waals surface area contributed by atoms with Gasteiger partial charge in [-0.25, -0.2) is 4.98 Å². The highest BCUT2D eigenvalue weighted by atomic mass is 15.2. The summed E-state index contributed by atoms with van der Waals surface area (Å²) in [6, 6.07) is 8.41. The lowest BCUT2D eigenvalue weighted by Crippen LogP contribution is -2.18. The van der Waals surface area contributed by atoms with Gasteiger partial charge in [-0.3, -0.25) is 4.98 Å². The van der Waals surface area contributed by atoms with Gasteiger partial charge in [0.25, 0.3) is 0 Å². The van der Waals surface area contributed by atoms with E-state index in [4.69, 9.17) is 5.73 Å². The van der Waals surface area contributed by atoms with Crippen LogP contribution >= 0.6 is 0 Å². The quantitative estimate of drug-likeness (QED) is 0.845. The summed E-state index contributed by atoms with van der Waals surface area (Å²) in [5.41, 5.74) is 9.15. The first-order valence-corrected chi connectivity index (χ1v) is 5.75. The predicted molar refractivity (Wildman–Crippen MR) is 67.1 cm³/mol. The Morgan fingerprint density at radius 1 is 1.18 bits per heavy atom. The molecule has 0 radical (unpaired) electrons. The molecular weight excluding hydrogens is 212 g/mol. The van der Waals surface area contributed by atoms with Crippen LogP contribution in [0.2, 0.25) is 0 Å². The molecule has 4 heteroatoms. The summed E-state index contributed by atoms with van der Waals surface area (Å²) in [5, 5.41) is 0. The molecule has 2 N–H and O–H groups in total. The monoisotopic (exact) mass is 226 g/mol. The van der Waals surface area contributed by atoms with Crippen LogP contribution in [0.3, 0.4) is 0 Å². The molecule has 4 nitrogen and oxygen atoms in total. The molecule has 1 aromatic carbocycles. The Morgan fingerprint density at radius 2 is 2.00 bits per heavy atom. The number of anilines is 2. The zero-order valence-corrected chi connectivity index (χ0v) is 9.50. The number of benzene rings is 1. The van der Waals surface area contributed by atoms with Crippen molar-refractivity contribution >= 4 is 11.5 Å². The van der Waals surface area contributed by atoms with Gasteiger partial charge >= 0.3 is 0 Å². The van der Waals surface area contributed by atoms with Crippen molar-refractivity contribution in [3.63, 3.8) is 0 Å². The van der Waals surface area contributed by atoms with Crippen LogP contribution in [0.15, 0.2) is 36.7 Å². The Balaban J connectivity index is 2.07. The highest BCUT2D eigenvalue weighted by Gasteiger charge is 2.22. The molecule has 1 aromatic heterocycles. The standard InChI is InChI=1S/C13H14N4/c14-9-11-13(16-7-6-15-11)17-8-5-10-3-1-2-4-12(10)17/h1-4,6-7H,5,8-9,14H2. The first-order valence-electron chi connectivity index (χ1n) is 5.75. The molecule has 3 rings (SSSR count). The Labute approximate surface area is 100 Å². The summed E-state index contributed by atoms with van der Waals surface area (Å²) in [4.78, 5) is 10.9. The molecule has 0 unspecified atom stereocenters. The minimum Gasteiger partial charge on any atom is -0.325 e. The third-order valence-corrected chi connectivity index (χ3v) is 3.09. The van der Waals surface area contributed by atoms with Gasteiger partial charge in [-0.05, 0) is 18.1 Å². The Bertz CT molecular complexity index is 538. The third kappa shape index (κ3) is 1.66. The van der Waals surface area contributed by atoms with Gasteiger partial charge in [0.2, 0.25) is 0 Å². The highest BCUT2D eigenvalue weighted by Crippen LogP contribution is 2.33. The average Bonchev–Trinajstić information content (AvgIpc) is 2.82. The van der Waals surface area contributed by atoms with Gasteiger partial charge in [-0.2, -0.15) is 0 Å². The second kappa shape index (κ2) is 4.14. The SMILES string of the molecule is NCc1nccnc1N1CCc2ccccc21. The van der Waals surface area contributed by atoms with Gasteiger partial charge in [0.15, 0.2) is 5.82 Å². The third-order valence-electron chi connectivity index (χ3n) is 3.09. The van der Waals surface area contributed by atoms with Crippen molar-refractivity contribution in [1.82, 2.24) is 9.97 Å². The summed E-state index contributed by atoms with van der Waals surface area (Å²) < 4.78 is 0. The Hall–Kier alpha value is -1.94. The number of rotatable bonds is 2. The second-order valence-electron chi connectivity index (χ2n) is 4.06. The maximum absolute atomic E-state index is 5.71. The predicted octanol–water partition coefficient (Wildman–Crippen LogP) is 1.63. The van der Waals surface area contributed by atoms with E-state index in [1.165, 1.54) is 11.3 Å². The van der Waals surface area contributed by atoms with Crippen LogP contribution in [0, 0.1) is 0 Å². The molecule has 1 aliphatic rings. The fraction of sp³-hybridized carbons (Fsp3) is 0.231. The minimum absolute atomic E-state index is 0.418. The summed E-state index contributed by atoms with van der Waals surface area (Å²) >= 11 is 0. The van der Waals surface area contributed by atoms with E-state index in [-0.39, 0.29) is 0 Å². The molecule has 0 spiro atoms. The molecule has 0 aliphatic carbocycles. The second-order valence-corrected chi connectivity index (χ2v) is 4.06. The topological polar surface area (TPSA) is 55.0 Å². The normalized spacial score (nSPS) is 13.8. The molecular formula is C13H14N4.